The summed E-state index contributed by atoms with van der Waals surface area (Å²) in [6, 6.07) is 13.9. The van der Waals surface area contributed by atoms with E-state index in [1.807, 2.05) is 24.0 Å². The second-order valence-corrected chi connectivity index (χ2v) is 8.71. The van der Waals surface area contributed by atoms with Crippen LogP contribution in [0.5, 0.6) is 5.75 Å². The van der Waals surface area contributed by atoms with Crippen LogP contribution in [0.25, 0.3) is 11.7 Å². The lowest BCUT2D eigenvalue weighted by Gasteiger charge is -2.35. The Morgan fingerprint density at radius 2 is 1.97 bits per heavy atom. The Hall–Kier alpha value is -3.73. The van der Waals surface area contributed by atoms with Gasteiger partial charge in [0.15, 0.2) is 5.76 Å². The van der Waals surface area contributed by atoms with Crippen molar-refractivity contribution in [1.29, 1.82) is 5.26 Å². The SMILES string of the molecule is CCOc1ccc(C2CCCN2C(=O)C2CCN(c3oc(-c4ccco4)nc3C#N)CC2)cc1. The molecule has 0 saturated carbocycles. The van der Waals surface area contributed by atoms with E-state index in [4.69, 9.17) is 13.6 Å². The molecule has 0 spiro atoms. The lowest BCUT2D eigenvalue weighted by molar-refractivity contribution is -0.137. The predicted molar refractivity (Wildman–Crippen MR) is 125 cm³/mol. The van der Waals surface area contributed by atoms with Gasteiger partial charge in [0.25, 0.3) is 5.89 Å². The zero-order valence-electron chi connectivity index (χ0n) is 19.3. The Morgan fingerprint density at radius 3 is 2.65 bits per heavy atom. The topological polar surface area (TPSA) is 95.7 Å². The van der Waals surface area contributed by atoms with E-state index in [0.717, 1.165) is 30.7 Å². The summed E-state index contributed by atoms with van der Waals surface area (Å²) in [5.41, 5.74) is 1.41. The molecule has 5 rings (SSSR count). The van der Waals surface area contributed by atoms with E-state index in [9.17, 15) is 10.1 Å². The summed E-state index contributed by atoms with van der Waals surface area (Å²) in [6.45, 7) is 4.68. The molecule has 0 radical (unpaired) electrons. The first kappa shape index (κ1) is 22.1. The first-order valence-corrected chi connectivity index (χ1v) is 11.9. The fourth-order valence-corrected chi connectivity index (χ4v) is 5.00. The first-order valence-electron chi connectivity index (χ1n) is 11.9. The molecule has 2 fully saturated rings. The Kier molecular flexibility index (Phi) is 6.26. The minimum Gasteiger partial charge on any atom is -0.494 e. The van der Waals surface area contributed by atoms with Crippen molar-refractivity contribution in [1.82, 2.24) is 9.88 Å². The van der Waals surface area contributed by atoms with Crippen molar-refractivity contribution in [3.05, 3.63) is 53.9 Å². The number of aromatic nitrogens is 1. The molecule has 2 aliphatic heterocycles. The molecule has 4 heterocycles. The van der Waals surface area contributed by atoms with Crippen molar-refractivity contribution in [3.8, 4) is 23.5 Å². The van der Waals surface area contributed by atoms with Crippen LogP contribution in [0, 0.1) is 17.2 Å². The van der Waals surface area contributed by atoms with E-state index >= 15 is 0 Å². The zero-order valence-corrected chi connectivity index (χ0v) is 19.3. The summed E-state index contributed by atoms with van der Waals surface area (Å²) in [4.78, 5) is 21.8. The molecular formula is C26H28N4O4. The number of oxazole rings is 1. The average Bonchev–Trinajstić information content (AvgIpc) is 3.65. The third-order valence-corrected chi connectivity index (χ3v) is 6.69. The summed E-state index contributed by atoms with van der Waals surface area (Å²) >= 11 is 0. The number of carbonyl (C=O) groups excluding carboxylic acids is 1. The van der Waals surface area contributed by atoms with Crippen LogP contribution < -0.4 is 9.64 Å². The van der Waals surface area contributed by atoms with Crippen molar-refractivity contribution in [2.75, 3.05) is 31.1 Å². The molecule has 2 aromatic heterocycles. The highest BCUT2D eigenvalue weighted by molar-refractivity contribution is 5.80. The summed E-state index contributed by atoms with van der Waals surface area (Å²) in [5.74, 6) is 2.29. The number of ether oxygens (including phenoxy) is 1. The number of likely N-dealkylation sites (tertiary alicyclic amines) is 1. The van der Waals surface area contributed by atoms with Gasteiger partial charge in [0, 0.05) is 25.6 Å². The van der Waals surface area contributed by atoms with Gasteiger partial charge in [0.05, 0.1) is 18.9 Å². The molecule has 8 nitrogen and oxygen atoms in total. The number of benzene rings is 1. The predicted octanol–water partition coefficient (Wildman–Crippen LogP) is 4.79. The lowest BCUT2D eigenvalue weighted by Crippen LogP contribution is -2.42. The minimum atomic E-state index is -0.0300. The van der Waals surface area contributed by atoms with Gasteiger partial charge in [-0.2, -0.15) is 10.2 Å². The zero-order chi connectivity index (χ0) is 23.5. The van der Waals surface area contributed by atoms with Crippen LogP contribution in [-0.2, 0) is 4.79 Å². The Bertz CT molecular complexity index is 1150. The fourth-order valence-electron chi connectivity index (χ4n) is 5.00. The van der Waals surface area contributed by atoms with Gasteiger partial charge in [0.1, 0.15) is 11.8 Å². The standard InChI is InChI=1S/C26H28N4O4/c1-2-32-20-9-7-18(8-10-20)22-5-3-13-30(22)25(31)19-11-14-29(15-12-19)26-21(17-27)28-24(34-26)23-6-4-16-33-23/h4,6-10,16,19,22H,2-3,5,11-15H2,1H3. The molecule has 34 heavy (non-hydrogen) atoms. The maximum Gasteiger partial charge on any atom is 0.266 e. The van der Waals surface area contributed by atoms with Crippen LogP contribution in [0.3, 0.4) is 0 Å². The largest absolute Gasteiger partial charge is 0.494 e. The number of nitriles is 1. The molecule has 0 aliphatic carbocycles. The van der Waals surface area contributed by atoms with Crippen molar-refractivity contribution in [3.63, 3.8) is 0 Å². The number of anilines is 1. The molecular weight excluding hydrogens is 432 g/mol. The Morgan fingerprint density at radius 1 is 1.18 bits per heavy atom. The first-order chi connectivity index (χ1) is 16.7. The second-order valence-electron chi connectivity index (χ2n) is 8.71. The van der Waals surface area contributed by atoms with Gasteiger partial charge in [-0.1, -0.05) is 12.1 Å². The van der Waals surface area contributed by atoms with Gasteiger partial charge < -0.3 is 23.4 Å². The van der Waals surface area contributed by atoms with Crippen molar-refractivity contribution in [2.45, 2.75) is 38.6 Å². The molecule has 8 heteroatoms. The molecule has 3 aromatic rings. The van der Waals surface area contributed by atoms with E-state index in [1.165, 1.54) is 0 Å². The lowest BCUT2D eigenvalue weighted by atomic mass is 9.94. The molecule has 1 aromatic carbocycles. The minimum absolute atomic E-state index is 0.0300. The van der Waals surface area contributed by atoms with Crippen LogP contribution in [-0.4, -0.2) is 42.0 Å². The fraction of sp³-hybridized carbons (Fsp3) is 0.423. The van der Waals surface area contributed by atoms with Crippen LogP contribution in [0.15, 0.2) is 51.5 Å². The monoisotopic (exact) mass is 460 g/mol. The third-order valence-electron chi connectivity index (χ3n) is 6.69. The van der Waals surface area contributed by atoms with Gasteiger partial charge in [-0.15, -0.1) is 0 Å². The van der Waals surface area contributed by atoms with Crippen molar-refractivity contribution >= 4 is 11.8 Å². The highest BCUT2D eigenvalue weighted by Gasteiger charge is 2.36. The van der Waals surface area contributed by atoms with E-state index in [1.54, 1.807) is 18.4 Å². The normalized spacial score (nSPS) is 18.8. The van der Waals surface area contributed by atoms with Crippen LogP contribution in [0.4, 0.5) is 5.88 Å². The van der Waals surface area contributed by atoms with Crippen molar-refractivity contribution in [2.24, 2.45) is 5.92 Å². The van der Waals surface area contributed by atoms with Gasteiger partial charge in [0.2, 0.25) is 17.5 Å². The summed E-state index contributed by atoms with van der Waals surface area (Å²) in [7, 11) is 0. The summed E-state index contributed by atoms with van der Waals surface area (Å²) in [5, 5.41) is 9.53. The van der Waals surface area contributed by atoms with Gasteiger partial charge >= 0.3 is 0 Å². The summed E-state index contributed by atoms with van der Waals surface area (Å²) in [6.07, 6.45) is 4.97. The van der Waals surface area contributed by atoms with E-state index in [0.29, 0.717) is 50.1 Å². The third kappa shape index (κ3) is 4.26. The number of amides is 1. The number of hydrogen-bond donors (Lipinski definition) is 0. The number of piperidine rings is 1. The van der Waals surface area contributed by atoms with Gasteiger partial charge in [-0.25, -0.2) is 0 Å². The average molecular weight is 461 g/mol. The van der Waals surface area contributed by atoms with Crippen LogP contribution in [0.2, 0.25) is 0 Å². The highest BCUT2D eigenvalue weighted by Crippen LogP contribution is 2.36. The van der Waals surface area contributed by atoms with E-state index in [2.05, 4.69) is 28.1 Å². The van der Waals surface area contributed by atoms with E-state index in [-0.39, 0.29) is 23.6 Å². The maximum atomic E-state index is 13.5. The van der Waals surface area contributed by atoms with Gasteiger partial charge in [-0.3, -0.25) is 4.79 Å². The summed E-state index contributed by atoms with van der Waals surface area (Å²) < 4.78 is 16.8. The van der Waals surface area contributed by atoms with E-state index < -0.39 is 0 Å². The molecule has 1 amide bonds. The molecule has 1 unspecified atom stereocenters. The number of hydrogen-bond acceptors (Lipinski definition) is 7. The van der Waals surface area contributed by atoms with Gasteiger partial charge in [-0.05, 0) is 62.4 Å². The molecule has 1 atom stereocenters. The van der Waals surface area contributed by atoms with Crippen molar-refractivity contribution < 1.29 is 18.4 Å². The molecule has 0 N–H and O–H groups in total. The molecule has 2 saturated heterocycles. The molecule has 0 bridgehead atoms. The smallest absolute Gasteiger partial charge is 0.266 e. The quantitative estimate of drug-likeness (QED) is 0.522. The highest BCUT2D eigenvalue weighted by atomic mass is 16.5. The van der Waals surface area contributed by atoms with Crippen LogP contribution >= 0.6 is 0 Å². The maximum absolute atomic E-state index is 13.5. The second kappa shape index (κ2) is 9.64. The number of furan rings is 1. The Labute approximate surface area is 198 Å². The Balaban J connectivity index is 1.24. The number of rotatable bonds is 6. The van der Waals surface area contributed by atoms with Crippen LogP contribution in [0.1, 0.15) is 49.9 Å². The number of nitrogens with zero attached hydrogens (tertiary/aromatic N) is 4. The molecule has 176 valence electrons. The molecule has 2 aliphatic rings. The number of carbonyl (C=O) groups is 1.